The number of carbonyl (C=O) groups is 1. The fraction of sp³-hybridized carbons (Fsp3) is 0.896. The molecule has 2 rings (SSSR count). The van der Waals surface area contributed by atoms with Crippen molar-refractivity contribution in [1.29, 1.82) is 0 Å². The van der Waals surface area contributed by atoms with Crippen molar-refractivity contribution in [2.45, 2.75) is 254 Å². The lowest BCUT2D eigenvalue weighted by molar-refractivity contribution is -0.359. The fourth-order valence-electron chi connectivity index (χ4n) is 8.05. The Morgan fingerprint density at radius 3 is 1.53 bits per heavy atom. The van der Waals surface area contributed by atoms with Crippen LogP contribution in [0.3, 0.4) is 0 Å². The molecule has 0 aliphatic carbocycles. The Bertz CT molecular complexity index is 1140. The third-order valence-electron chi connectivity index (χ3n) is 12.1. The average Bonchev–Trinajstić information content (AvgIpc) is 3.27. The van der Waals surface area contributed by atoms with E-state index in [1.165, 1.54) is 96.3 Å². The second-order valence-corrected chi connectivity index (χ2v) is 17.6. The summed E-state index contributed by atoms with van der Waals surface area (Å²) in [7, 11) is 0. The topological polar surface area (TPSA) is 228 Å². The molecule has 0 saturated carbocycles. The molecule has 364 valence electrons. The highest BCUT2D eigenvalue weighted by Crippen LogP contribution is 2.30. The van der Waals surface area contributed by atoms with Crippen molar-refractivity contribution in [2.24, 2.45) is 0 Å². The first-order valence-corrected chi connectivity index (χ1v) is 24.6. The number of allylic oxidation sites excluding steroid dienone is 3. The van der Waals surface area contributed by atoms with Crippen molar-refractivity contribution in [1.82, 2.24) is 5.32 Å². The molecule has 9 N–H and O–H groups in total. The minimum Gasteiger partial charge on any atom is -0.394 e. The van der Waals surface area contributed by atoms with Crippen LogP contribution in [0.4, 0.5) is 0 Å². The molecule has 1 amide bonds. The SMILES string of the molecule is CCCCCCC/C=C\CCCCCCCC(=O)NC(COC1OC(CO)C(OC2OC(CO)C(O)C(O)C2O)C(O)C1O)C(O)/C=C/CCCCCCCCCCCCCC. The van der Waals surface area contributed by atoms with E-state index in [9.17, 15) is 45.6 Å². The zero-order valence-corrected chi connectivity index (χ0v) is 38.4. The van der Waals surface area contributed by atoms with Gasteiger partial charge in [0.25, 0.3) is 0 Å². The van der Waals surface area contributed by atoms with Gasteiger partial charge in [0.05, 0.1) is 32.0 Å². The molecular weight excluding hydrogens is 799 g/mol. The lowest BCUT2D eigenvalue weighted by atomic mass is 9.97. The molecule has 2 saturated heterocycles. The summed E-state index contributed by atoms with van der Waals surface area (Å²) in [6.07, 6.45) is 20.7. The van der Waals surface area contributed by atoms with Crippen LogP contribution in [-0.4, -0.2) is 140 Å². The molecule has 62 heavy (non-hydrogen) atoms. The van der Waals surface area contributed by atoms with Crippen LogP contribution >= 0.6 is 0 Å². The Kier molecular flexibility index (Phi) is 32.6. The Labute approximate surface area is 373 Å². The van der Waals surface area contributed by atoms with E-state index in [0.29, 0.717) is 6.42 Å². The van der Waals surface area contributed by atoms with Gasteiger partial charge in [0, 0.05) is 6.42 Å². The number of hydrogen-bond acceptors (Lipinski definition) is 13. The van der Waals surface area contributed by atoms with E-state index in [1.54, 1.807) is 6.08 Å². The van der Waals surface area contributed by atoms with Gasteiger partial charge in [0.15, 0.2) is 12.6 Å². The van der Waals surface area contributed by atoms with Crippen LogP contribution in [0.1, 0.15) is 181 Å². The largest absolute Gasteiger partial charge is 0.394 e. The normalized spacial score (nSPS) is 27.9. The maximum absolute atomic E-state index is 13.1. The average molecular weight is 888 g/mol. The summed E-state index contributed by atoms with van der Waals surface area (Å²) in [5.74, 6) is -0.250. The minimum atomic E-state index is -1.79. The summed E-state index contributed by atoms with van der Waals surface area (Å²) >= 11 is 0. The predicted molar refractivity (Wildman–Crippen MR) is 240 cm³/mol. The van der Waals surface area contributed by atoms with Crippen LogP contribution < -0.4 is 5.32 Å². The summed E-state index contributed by atoms with van der Waals surface area (Å²) < 4.78 is 22.7. The van der Waals surface area contributed by atoms with E-state index in [0.717, 1.165) is 57.8 Å². The van der Waals surface area contributed by atoms with Crippen molar-refractivity contribution < 1.29 is 64.6 Å². The molecule has 0 spiro atoms. The van der Waals surface area contributed by atoms with Gasteiger partial charge in [-0.25, -0.2) is 0 Å². The first-order valence-electron chi connectivity index (χ1n) is 24.6. The first-order chi connectivity index (χ1) is 30.1. The number of ether oxygens (including phenoxy) is 4. The third-order valence-corrected chi connectivity index (χ3v) is 12.1. The zero-order valence-electron chi connectivity index (χ0n) is 38.4. The van der Waals surface area contributed by atoms with Gasteiger partial charge in [-0.1, -0.05) is 154 Å². The fourth-order valence-corrected chi connectivity index (χ4v) is 8.05. The van der Waals surface area contributed by atoms with Gasteiger partial charge in [-0.3, -0.25) is 4.79 Å². The van der Waals surface area contributed by atoms with Crippen LogP contribution in [0.5, 0.6) is 0 Å². The molecule has 14 heteroatoms. The molecule has 2 heterocycles. The van der Waals surface area contributed by atoms with Crippen molar-refractivity contribution in [3.63, 3.8) is 0 Å². The molecule has 0 radical (unpaired) electrons. The van der Waals surface area contributed by atoms with Crippen LogP contribution in [0.2, 0.25) is 0 Å². The number of rotatable bonds is 37. The van der Waals surface area contributed by atoms with E-state index < -0.39 is 86.8 Å². The highest BCUT2D eigenvalue weighted by atomic mass is 16.7. The van der Waals surface area contributed by atoms with E-state index >= 15 is 0 Å². The number of amides is 1. The molecule has 2 aliphatic rings. The van der Waals surface area contributed by atoms with Gasteiger partial charge in [-0.05, 0) is 44.9 Å². The second kappa shape index (κ2) is 35.7. The number of hydrogen-bond donors (Lipinski definition) is 9. The predicted octanol–water partition coefficient (Wildman–Crippen LogP) is 5.77. The Morgan fingerprint density at radius 2 is 1.02 bits per heavy atom. The molecule has 0 aromatic heterocycles. The highest BCUT2D eigenvalue weighted by molar-refractivity contribution is 5.76. The van der Waals surface area contributed by atoms with Crippen molar-refractivity contribution >= 4 is 5.91 Å². The maximum atomic E-state index is 13.1. The lowest BCUT2D eigenvalue weighted by Crippen LogP contribution is -2.65. The van der Waals surface area contributed by atoms with Gasteiger partial charge < -0.3 is 65.1 Å². The highest BCUT2D eigenvalue weighted by Gasteiger charge is 2.51. The van der Waals surface area contributed by atoms with Gasteiger partial charge in [-0.15, -0.1) is 0 Å². The van der Waals surface area contributed by atoms with E-state index in [2.05, 4.69) is 31.3 Å². The summed E-state index contributed by atoms with van der Waals surface area (Å²) in [6.45, 7) is 2.75. The van der Waals surface area contributed by atoms with E-state index in [4.69, 9.17) is 18.9 Å². The van der Waals surface area contributed by atoms with Crippen molar-refractivity contribution in [2.75, 3.05) is 19.8 Å². The van der Waals surface area contributed by atoms with Crippen LogP contribution in [0.15, 0.2) is 24.3 Å². The zero-order chi connectivity index (χ0) is 45.4. The number of aliphatic hydroxyl groups is 8. The van der Waals surface area contributed by atoms with E-state index in [-0.39, 0.29) is 18.9 Å². The first kappa shape index (κ1) is 56.6. The monoisotopic (exact) mass is 888 g/mol. The number of unbranched alkanes of at least 4 members (excludes halogenated alkanes) is 22. The van der Waals surface area contributed by atoms with Gasteiger partial charge in [-0.2, -0.15) is 0 Å². The number of carbonyl (C=O) groups excluding carboxylic acids is 1. The summed E-state index contributed by atoms with van der Waals surface area (Å²) in [4.78, 5) is 13.1. The number of nitrogens with one attached hydrogen (secondary N) is 1. The summed E-state index contributed by atoms with van der Waals surface area (Å²) in [5.41, 5.74) is 0. The Morgan fingerprint density at radius 1 is 0.565 bits per heavy atom. The van der Waals surface area contributed by atoms with Gasteiger partial charge >= 0.3 is 0 Å². The Balaban J connectivity index is 1.88. The molecule has 2 aliphatic heterocycles. The van der Waals surface area contributed by atoms with Crippen LogP contribution in [0.25, 0.3) is 0 Å². The number of aliphatic hydroxyl groups excluding tert-OH is 8. The molecule has 2 fully saturated rings. The van der Waals surface area contributed by atoms with Crippen molar-refractivity contribution in [3.05, 3.63) is 24.3 Å². The standard InChI is InChI=1S/C48H89NO13/c1-3-5-7-9-11-13-15-17-19-21-23-25-27-29-31-37(52)36(49-40(53)32-30-28-26-24-22-20-18-16-14-12-10-8-6-4-2)35-59-47-45(58)43(56)46(39(34-51)61-47)62-48-44(57)42(55)41(54)38(33-50)60-48/h16,18,29,31,36-39,41-48,50-52,54-58H,3-15,17,19-28,30,32-35H2,1-2H3,(H,49,53)/b18-16-,31-29+. The molecule has 0 bridgehead atoms. The van der Waals surface area contributed by atoms with E-state index in [1.807, 2.05) is 6.08 Å². The van der Waals surface area contributed by atoms with Gasteiger partial charge in [0.2, 0.25) is 5.91 Å². The summed E-state index contributed by atoms with van der Waals surface area (Å²) in [6, 6.07) is -0.914. The van der Waals surface area contributed by atoms with Crippen molar-refractivity contribution in [3.8, 4) is 0 Å². The molecule has 14 nitrogen and oxygen atoms in total. The molecular formula is C48H89NO13. The smallest absolute Gasteiger partial charge is 0.220 e. The van der Waals surface area contributed by atoms with Gasteiger partial charge in [0.1, 0.15) is 48.8 Å². The van der Waals surface area contributed by atoms with Crippen LogP contribution in [0, 0.1) is 0 Å². The summed E-state index contributed by atoms with van der Waals surface area (Å²) in [5, 5.41) is 86.6. The van der Waals surface area contributed by atoms with Crippen LogP contribution in [-0.2, 0) is 23.7 Å². The quantitative estimate of drug-likeness (QED) is 0.0267. The molecule has 0 aromatic carbocycles. The molecule has 12 unspecified atom stereocenters. The lowest BCUT2D eigenvalue weighted by Gasteiger charge is -2.46. The minimum absolute atomic E-state index is 0.250. The maximum Gasteiger partial charge on any atom is 0.220 e. The third kappa shape index (κ3) is 23.1. The Hall–Kier alpha value is -1.53. The molecule has 12 atom stereocenters. The molecule has 0 aromatic rings. The second-order valence-electron chi connectivity index (χ2n) is 17.6.